The maximum Gasteiger partial charge on any atom is 0.306 e. The van der Waals surface area contributed by atoms with Gasteiger partial charge >= 0.3 is 11.9 Å². The maximum atomic E-state index is 11.3. The van der Waals surface area contributed by atoms with Gasteiger partial charge in [0.2, 0.25) is 0 Å². The molecule has 136 valence electrons. The molecule has 0 aromatic heterocycles. The third-order valence-electron chi connectivity index (χ3n) is 3.50. The van der Waals surface area contributed by atoms with Crippen molar-refractivity contribution in [3.05, 3.63) is 0 Å². The lowest BCUT2D eigenvalue weighted by atomic mass is 10.1. The van der Waals surface area contributed by atoms with Crippen LogP contribution in [0, 0.1) is 0 Å². The zero-order chi connectivity index (χ0) is 17.5. The van der Waals surface area contributed by atoms with Gasteiger partial charge in [0, 0.05) is 12.8 Å². The van der Waals surface area contributed by atoms with E-state index < -0.39 is 0 Å². The van der Waals surface area contributed by atoms with Gasteiger partial charge in [-0.05, 0) is 40.5 Å². The number of hydrogen-bond donors (Lipinski definition) is 0. The van der Waals surface area contributed by atoms with Gasteiger partial charge < -0.3 is 9.47 Å². The van der Waals surface area contributed by atoms with Crippen LogP contribution < -0.4 is 0 Å². The largest absolute Gasteiger partial charge is 0.463 e. The Bertz CT molecular complexity index is 280. The second-order valence-corrected chi connectivity index (χ2v) is 6.76. The summed E-state index contributed by atoms with van der Waals surface area (Å²) in [6.45, 7) is 7.52. The summed E-state index contributed by atoms with van der Waals surface area (Å²) >= 11 is 0. The van der Waals surface area contributed by atoms with Crippen molar-refractivity contribution >= 4 is 11.9 Å². The fraction of sp³-hybridized carbons (Fsp3) is 0.895. The number of carbonyl (C=O) groups is 2. The Morgan fingerprint density at radius 1 is 0.565 bits per heavy atom. The third kappa shape index (κ3) is 17.1. The van der Waals surface area contributed by atoms with Crippen LogP contribution in [0.1, 0.15) is 98.3 Å². The molecule has 0 aliphatic heterocycles. The van der Waals surface area contributed by atoms with E-state index in [1.54, 1.807) is 0 Å². The van der Waals surface area contributed by atoms with Crippen LogP contribution in [0.3, 0.4) is 0 Å². The molecular weight excluding hydrogens is 292 g/mol. The van der Waals surface area contributed by atoms with Crippen LogP contribution in [-0.4, -0.2) is 24.1 Å². The third-order valence-corrected chi connectivity index (χ3v) is 3.50. The van der Waals surface area contributed by atoms with Crippen LogP contribution in [0.4, 0.5) is 0 Å². The second-order valence-electron chi connectivity index (χ2n) is 6.76. The van der Waals surface area contributed by atoms with Crippen LogP contribution in [0.2, 0.25) is 0 Å². The van der Waals surface area contributed by atoms with Gasteiger partial charge in [-0.2, -0.15) is 0 Å². The first-order valence-electron chi connectivity index (χ1n) is 9.30. The van der Waals surface area contributed by atoms with E-state index in [0.29, 0.717) is 12.8 Å². The van der Waals surface area contributed by atoms with Crippen LogP contribution in [0.15, 0.2) is 0 Å². The molecule has 0 aliphatic carbocycles. The van der Waals surface area contributed by atoms with Gasteiger partial charge in [-0.1, -0.05) is 44.9 Å². The molecule has 0 saturated heterocycles. The topological polar surface area (TPSA) is 52.6 Å². The van der Waals surface area contributed by atoms with Crippen molar-refractivity contribution in [3.63, 3.8) is 0 Å². The van der Waals surface area contributed by atoms with E-state index in [-0.39, 0.29) is 24.1 Å². The SMILES string of the molecule is CC(C)OC(=O)CCCCCCCCCCCC(=O)OC(C)C. The first-order chi connectivity index (χ1) is 10.9. The minimum absolute atomic E-state index is 0.00488. The zero-order valence-electron chi connectivity index (χ0n) is 15.6. The Kier molecular flexibility index (Phi) is 13.9. The fourth-order valence-electron chi connectivity index (χ4n) is 2.42. The first-order valence-corrected chi connectivity index (χ1v) is 9.30. The highest BCUT2D eigenvalue weighted by Gasteiger charge is 2.05. The molecule has 0 aromatic rings. The Labute approximate surface area is 142 Å². The maximum absolute atomic E-state index is 11.3. The predicted molar refractivity (Wildman–Crippen MR) is 93.2 cm³/mol. The molecule has 0 radical (unpaired) electrons. The van der Waals surface area contributed by atoms with E-state index in [4.69, 9.17) is 9.47 Å². The number of ether oxygens (including phenoxy) is 2. The fourth-order valence-corrected chi connectivity index (χ4v) is 2.42. The molecule has 0 heterocycles. The van der Waals surface area contributed by atoms with Gasteiger partial charge in [0.15, 0.2) is 0 Å². The molecular formula is C19H36O4. The minimum atomic E-state index is -0.0732. The van der Waals surface area contributed by atoms with E-state index in [9.17, 15) is 9.59 Å². The van der Waals surface area contributed by atoms with Crippen molar-refractivity contribution in [1.82, 2.24) is 0 Å². The van der Waals surface area contributed by atoms with Crippen LogP contribution in [0.5, 0.6) is 0 Å². The summed E-state index contributed by atoms with van der Waals surface area (Å²) < 4.78 is 10.2. The van der Waals surface area contributed by atoms with Gasteiger partial charge in [0.25, 0.3) is 0 Å². The number of carbonyl (C=O) groups excluding carboxylic acids is 2. The standard InChI is InChI=1S/C19H36O4/c1-16(2)22-18(20)14-12-10-8-6-5-7-9-11-13-15-19(21)23-17(3)4/h16-17H,5-15H2,1-4H3. The summed E-state index contributed by atoms with van der Waals surface area (Å²) in [6, 6.07) is 0. The lowest BCUT2D eigenvalue weighted by Crippen LogP contribution is -2.10. The van der Waals surface area contributed by atoms with Crippen molar-refractivity contribution in [2.45, 2.75) is 111 Å². The summed E-state index contributed by atoms with van der Waals surface area (Å²) in [4.78, 5) is 22.7. The number of esters is 2. The van der Waals surface area contributed by atoms with Gasteiger partial charge in [-0.3, -0.25) is 9.59 Å². The van der Waals surface area contributed by atoms with Gasteiger partial charge in [0.1, 0.15) is 0 Å². The molecule has 4 heteroatoms. The van der Waals surface area contributed by atoms with E-state index in [2.05, 4.69) is 0 Å². The highest BCUT2D eigenvalue weighted by molar-refractivity contribution is 5.69. The van der Waals surface area contributed by atoms with Gasteiger partial charge in [-0.25, -0.2) is 0 Å². The van der Waals surface area contributed by atoms with Crippen molar-refractivity contribution in [2.75, 3.05) is 0 Å². The van der Waals surface area contributed by atoms with E-state index in [0.717, 1.165) is 25.7 Å². The zero-order valence-corrected chi connectivity index (χ0v) is 15.6. The van der Waals surface area contributed by atoms with Gasteiger partial charge in [-0.15, -0.1) is 0 Å². The molecule has 0 fully saturated rings. The number of unbranched alkanes of at least 4 members (excludes halogenated alkanes) is 8. The second kappa shape index (κ2) is 14.5. The van der Waals surface area contributed by atoms with Crippen molar-refractivity contribution in [3.8, 4) is 0 Å². The van der Waals surface area contributed by atoms with Crippen LogP contribution in [-0.2, 0) is 19.1 Å². The average Bonchev–Trinajstić information content (AvgIpc) is 2.43. The molecule has 0 bridgehead atoms. The van der Waals surface area contributed by atoms with E-state index in [1.807, 2.05) is 27.7 Å². The quantitative estimate of drug-likeness (QED) is 0.325. The molecule has 0 spiro atoms. The summed E-state index contributed by atoms with van der Waals surface area (Å²) in [6.07, 6.45) is 11.2. The lowest BCUT2D eigenvalue weighted by Gasteiger charge is -2.08. The molecule has 23 heavy (non-hydrogen) atoms. The molecule has 4 nitrogen and oxygen atoms in total. The molecule has 0 rings (SSSR count). The molecule has 0 unspecified atom stereocenters. The van der Waals surface area contributed by atoms with Crippen LogP contribution >= 0.6 is 0 Å². The summed E-state index contributed by atoms with van der Waals surface area (Å²) in [5, 5.41) is 0. The number of rotatable bonds is 14. The molecule has 0 saturated carbocycles. The Hall–Kier alpha value is -1.06. The Morgan fingerprint density at radius 3 is 1.09 bits per heavy atom. The average molecular weight is 328 g/mol. The summed E-state index contributed by atoms with van der Waals surface area (Å²) in [5.74, 6) is -0.146. The van der Waals surface area contributed by atoms with Gasteiger partial charge in [0.05, 0.1) is 12.2 Å². The molecule has 0 amide bonds. The number of hydrogen-bond acceptors (Lipinski definition) is 4. The Morgan fingerprint density at radius 2 is 0.826 bits per heavy atom. The summed E-state index contributed by atoms with van der Waals surface area (Å²) in [7, 11) is 0. The Balaban J connectivity index is 3.22. The normalized spacial score (nSPS) is 11.0. The molecule has 0 aromatic carbocycles. The van der Waals surface area contributed by atoms with E-state index in [1.165, 1.54) is 32.1 Å². The van der Waals surface area contributed by atoms with E-state index >= 15 is 0 Å². The van der Waals surface area contributed by atoms with Crippen molar-refractivity contribution in [1.29, 1.82) is 0 Å². The minimum Gasteiger partial charge on any atom is -0.463 e. The molecule has 0 aliphatic rings. The smallest absolute Gasteiger partial charge is 0.306 e. The van der Waals surface area contributed by atoms with Crippen molar-refractivity contribution < 1.29 is 19.1 Å². The predicted octanol–water partition coefficient (Wildman–Crippen LogP) is 5.18. The van der Waals surface area contributed by atoms with Crippen molar-refractivity contribution in [2.24, 2.45) is 0 Å². The lowest BCUT2D eigenvalue weighted by molar-refractivity contribution is -0.148. The summed E-state index contributed by atoms with van der Waals surface area (Å²) in [5.41, 5.74) is 0. The highest BCUT2D eigenvalue weighted by atomic mass is 16.5. The highest BCUT2D eigenvalue weighted by Crippen LogP contribution is 2.12. The molecule has 0 N–H and O–H groups in total. The van der Waals surface area contributed by atoms with Crippen LogP contribution in [0.25, 0.3) is 0 Å². The first kappa shape index (κ1) is 21.9. The monoisotopic (exact) mass is 328 g/mol. The molecule has 0 atom stereocenters.